The Kier molecular flexibility index (Phi) is 3.59. The van der Waals surface area contributed by atoms with Crippen molar-refractivity contribution in [3.8, 4) is 28.6 Å². The first-order chi connectivity index (χ1) is 10.6. The van der Waals surface area contributed by atoms with Gasteiger partial charge in [-0.1, -0.05) is 29.8 Å². The van der Waals surface area contributed by atoms with Gasteiger partial charge in [-0.2, -0.15) is 0 Å². The third-order valence-corrected chi connectivity index (χ3v) is 3.74. The minimum absolute atomic E-state index is 0.0476. The Morgan fingerprint density at radius 2 is 1.59 bits per heavy atom. The van der Waals surface area contributed by atoms with Crippen LogP contribution in [0.4, 0.5) is 0 Å². The van der Waals surface area contributed by atoms with Gasteiger partial charge in [0.1, 0.15) is 5.75 Å². The summed E-state index contributed by atoms with van der Waals surface area (Å²) in [4.78, 5) is 0. The largest absolute Gasteiger partial charge is 0.497 e. The zero-order valence-electron chi connectivity index (χ0n) is 12.9. The van der Waals surface area contributed by atoms with E-state index in [1.165, 1.54) is 5.56 Å². The van der Waals surface area contributed by atoms with Crippen LogP contribution >= 0.6 is 0 Å². The highest BCUT2D eigenvalue weighted by Crippen LogP contribution is 2.32. The maximum atomic E-state index is 10.0. The van der Waals surface area contributed by atoms with E-state index in [4.69, 9.17) is 4.74 Å². The summed E-state index contributed by atoms with van der Waals surface area (Å²) in [5.74, 6) is 0.833. The Hall–Kier alpha value is -2.75. The molecule has 0 aliphatic heterocycles. The van der Waals surface area contributed by atoms with Crippen molar-refractivity contribution in [2.75, 3.05) is 7.11 Å². The van der Waals surface area contributed by atoms with Crippen LogP contribution in [-0.4, -0.2) is 22.0 Å². The van der Waals surface area contributed by atoms with Gasteiger partial charge in [-0.3, -0.25) is 0 Å². The molecule has 0 saturated heterocycles. The average Bonchev–Trinajstić information content (AvgIpc) is 2.84. The monoisotopic (exact) mass is 294 g/mol. The number of ether oxygens (including phenoxy) is 1. The highest BCUT2D eigenvalue weighted by molar-refractivity contribution is 5.68. The maximum absolute atomic E-state index is 10.0. The molecule has 112 valence electrons. The molecule has 1 heterocycles. The fourth-order valence-electron chi connectivity index (χ4n) is 2.44. The number of nitrogens with zero attached hydrogens (tertiary/aromatic N) is 2. The molecule has 3 rings (SSSR count). The Labute approximate surface area is 129 Å². The summed E-state index contributed by atoms with van der Waals surface area (Å²) in [6.07, 6.45) is 0. The van der Waals surface area contributed by atoms with E-state index in [2.05, 4.69) is 24.2 Å². The van der Waals surface area contributed by atoms with Crippen LogP contribution in [0.25, 0.3) is 16.9 Å². The molecule has 4 heteroatoms. The predicted octanol–water partition coefficient (Wildman–Crippen LogP) is 3.87. The third-order valence-electron chi connectivity index (χ3n) is 3.74. The normalized spacial score (nSPS) is 10.7. The van der Waals surface area contributed by atoms with E-state index in [0.717, 1.165) is 28.3 Å². The first-order valence-electron chi connectivity index (χ1n) is 7.10. The van der Waals surface area contributed by atoms with E-state index in [9.17, 15) is 5.11 Å². The molecule has 4 nitrogen and oxygen atoms in total. The number of aryl methyl sites for hydroxylation is 1. The van der Waals surface area contributed by atoms with Crippen LogP contribution in [0.1, 0.15) is 11.1 Å². The summed E-state index contributed by atoms with van der Waals surface area (Å²) >= 11 is 0. The second-order valence-corrected chi connectivity index (χ2v) is 5.27. The summed E-state index contributed by atoms with van der Waals surface area (Å²) < 4.78 is 6.94. The lowest BCUT2D eigenvalue weighted by atomic mass is 10.1. The van der Waals surface area contributed by atoms with Gasteiger partial charge in [0.2, 0.25) is 5.88 Å². The molecule has 0 saturated carbocycles. The van der Waals surface area contributed by atoms with E-state index in [1.54, 1.807) is 11.8 Å². The van der Waals surface area contributed by atoms with Gasteiger partial charge in [0.15, 0.2) is 0 Å². The molecule has 0 bridgehead atoms. The quantitative estimate of drug-likeness (QED) is 0.797. The zero-order chi connectivity index (χ0) is 15.7. The average molecular weight is 294 g/mol. The van der Waals surface area contributed by atoms with E-state index in [0.29, 0.717) is 0 Å². The molecule has 0 atom stereocenters. The summed E-state index contributed by atoms with van der Waals surface area (Å²) in [5.41, 5.74) is 4.75. The van der Waals surface area contributed by atoms with E-state index in [1.807, 2.05) is 43.3 Å². The van der Waals surface area contributed by atoms with Crippen molar-refractivity contribution in [3.63, 3.8) is 0 Å². The summed E-state index contributed by atoms with van der Waals surface area (Å²) in [7, 11) is 1.64. The molecule has 22 heavy (non-hydrogen) atoms. The predicted molar refractivity (Wildman–Crippen MR) is 86.7 cm³/mol. The smallest absolute Gasteiger partial charge is 0.234 e. The molecule has 3 aromatic rings. The maximum Gasteiger partial charge on any atom is 0.234 e. The number of hydrogen-bond donors (Lipinski definition) is 1. The number of aromatic hydroxyl groups is 1. The van der Waals surface area contributed by atoms with Crippen LogP contribution in [0.15, 0.2) is 48.5 Å². The lowest BCUT2D eigenvalue weighted by Crippen LogP contribution is -1.99. The Balaban J connectivity index is 2.15. The molecule has 0 amide bonds. The molecule has 0 spiro atoms. The van der Waals surface area contributed by atoms with Crippen molar-refractivity contribution >= 4 is 0 Å². The van der Waals surface area contributed by atoms with Crippen LogP contribution in [0, 0.1) is 13.8 Å². The molecule has 0 unspecified atom stereocenters. The first kappa shape index (κ1) is 14.2. The first-order valence-corrected chi connectivity index (χ1v) is 7.10. The van der Waals surface area contributed by atoms with Gasteiger partial charge < -0.3 is 9.84 Å². The lowest BCUT2D eigenvalue weighted by molar-refractivity contribution is 0.414. The third kappa shape index (κ3) is 2.44. The molecule has 1 N–H and O–H groups in total. The van der Waals surface area contributed by atoms with Crippen LogP contribution in [0.3, 0.4) is 0 Å². The second kappa shape index (κ2) is 5.56. The van der Waals surface area contributed by atoms with E-state index in [-0.39, 0.29) is 5.88 Å². The number of aromatic nitrogens is 2. The van der Waals surface area contributed by atoms with Crippen molar-refractivity contribution < 1.29 is 9.84 Å². The summed E-state index contributed by atoms with van der Waals surface area (Å²) in [5, 5.41) is 14.3. The Morgan fingerprint density at radius 1 is 0.955 bits per heavy atom. The number of rotatable bonds is 3. The number of hydrogen-bond acceptors (Lipinski definition) is 3. The van der Waals surface area contributed by atoms with Crippen LogP contribution < -0.4 is 4.74 Å². The minimum atomic E-state index is 0.0476. The van der Waals surface area contributed by atoms with Crippen molar-refractivity contribution in [2.24, 2.45) is 0 Å². The number of methoxy groups -OCH3 is 1. The zero-order valence-corrected chi connectivity index (χ0v) is 12.9. The number of benzene rings is 2. The lowest BCUT2D eigenvalue weighted by Gasteiger charge is -2.09. The summed E-state index contributed by atoms with van der Waals surface area (Å²) in [6, 6.07) is 15.8. The molecule has 0 fully saturated rings. The van der Waals surface area contributed by atoms with Crippen molar-refractivity contribution in [1.29, 1.82) is 0 Å². The molecule has 0 aliphatic rings. The SMILES string of the molecule is COc1ccc(-n2nc(O)c(C)c2-c2ccc(C)cc2)cc1. The van der Waals surface area contributed by atoms with E-state index >= 15 is 0 Å². The van der Waals surface area contributed by atoms with Crippen molar-refractivity contribution in [1.82, 2.24) is 9.78 Å². The van der Waals surface area contributed by atoms with Crippen LogP contribution in [0.5, 0.6) is 11.6 Å². The van der Waals surface area contributed by atoms with Gasteiger partial charge >= 0.3 is 0 Å². The second-order valence-electron chi connectivity index (χ2n) is 5.27. The van der Waals surface area contributed by atoms with Crippen LogP contribution in [-0.2, 0) is 0 Å². The van der Waals surface area contributed by atoms with Crippen molar-refractivity contribution in [2.45, 2.75) is 13.8 Å². The topological polar surface area (TPSA) is 47.3 Å². The molecular weight excluding hydrogens is 276 g/mol. The van der Waals surface area contributed by atoms with Gasteiger partial charge in [-0.15, -0.1) is 5.10 Å². The molecule has 2 aromatic carbocycles. The van der Waals surface area contributed by atoms with E-state index < -0.39 is 0 Å². The molecule has 0 radical (unpaired) electrons. The van der Waals surface area contributed by atoms with Gasteiger partial charge in [0.25, 0.3) is 0 Å². The summed E-state index contributed by atoms with van der Waals surface area (Å²) in [6.45, 7) is 3.92. The van der Waals surface area contributed by atoms with Crippen LogP contribution in [0.2, 0.25) is 0 Å². The standard InChI is InChI=1S/C18H18N2O2/c1-12-4-6-14(7-5-12)17-13(2)18(21)19-20(17)15-8-10-16(22-3)11-9-15/h4-11H,1-3H3,(H,19,21). The Bertz CT molecular complexity index is 787. The fraction of sp³-hybridized carbons (Fsp3) is 0.167. The van der Waals surface area contributed by atoms with Gasteiger partial charge in [0.05, 0.1) is 18.5 Å². The molecular formula is C18H18N2O2. The van der Waals surface area contributed by atoms with Gasteiger partial charge in [0, 0.05) is 11.1 Å². The minimum Gasteiger partial charge on any atom is -0.497 e. The Morgan fingerprint density at radius 3 is 2.18 bits per heavy atom. The highest BCUT2D eigenvalue weighted by atomic mass is 16.5. The van der Waals surface area contributed by atoms with Crippen molar-refractivity contribution in [3.05, 3.63) is 59.7 Å². The highest BCUT2D eigenvalue weighted by Gasteiger charge is 2.16. The van der Waals surface area contributed by atoms with Gasteiger partial charge in [-0.25, -0.2) is 4.68 Å². The van der Waals surface area contributed by atoms with Gasteiger partial charge in [-0.05, 0) is 38.1 Å². The fourth-order valence-corrected chi connectivity index (χ4v) is 2.44. The molecule has 1 aromatic heterocycles. The molecule has 0 aliphatic carbocycles.